The molecule has 1 aliphatic rings. The van der Waals surface area contributed by atoms with Gasteiger partial charge in [0.05, 0.1) is 17.6 Å². The first kappa shape index (κ1) is 12.9. The van der Waals surface area contributed by atoms with Crippen LogP contribution < -0.4 is 10.6 Å². The van der Waals surface area contributed by atoms with E-state index in [1.165, 1.54) is 0 Å². The van der Waals surface area contributed by atoms with Crippen molar-refractivity contribution >= 4 is 22.8 Å². The Morgan fingerprint density at radius 3 is 3.05 bits per heavy atom. The summed E-state index contributed by atoms with van der Waals surface area (Å²) in [6.07, 6.45) is 0.261. The Hall–Kier alpha value is -2.08. The van der Waals surface area contributed by atoms with Crippen molar-refractivity contribution in [2.24, 2.45) is 12.8 Å². The molecule has 1 aliphatic heterocycles. The van der Waals surface area contributed by atoms with Crippen LogP contribution in [-0.4, -0.2) is 34.8 Å². The third-order valence-corrected chi connectivity index (χ3v) is 3.76. The molecule has 2 aromatic rings. The van der Waals surface area contributed by atoms with Gasteiger partial charge < -0.3 is 15.0 Å². The van der Waals surface area contributed by atoms with E-state index in [1.54, 1.807) is 4.90 Å². The number of amides is 1. The number of cyclic esters (lactones) is 1. The summed E-state index contributed by atoms with van der Waals surface area (Å²) in [5, 5.41) is 0. The molecule has 0 radical (unpaired) electrons. The van der Waals surface area contributed by atoms with E-state index in [2.05, 4.69) is 4.98 Å². The van der Waals surface area contributed by atoms with Crippen molar-refractivity contribution in [3.63, 3.8) is 0 Å². The van der Waals surface area contributed by atoms with E-state index >= 15 is 0 Å². The maximum atomic E-state index is 11.9. The first-order valence-corrected chi connectivity index (χ1v) is 6.71. The number of nitrogens with zero attached hydrogens (tertiary/aromatic N) is 3. The van der Waals surface area contributed by atoms with E-state index in [0.29, 0.717) is 19.5 Å². The van der Waals surface area contributed by atoms with Crippen molar-refractivity contribution in [3.8, 4) is 0 Å². The van der Waals surface area contributed by atoms with Crippen LogP contribution in [0.25, 0.3) is 11.0 Å². The molecule has 0 aliphatic carbocycles. The van der Waals surface area contributed by atoms with E-state index in [1.807, 2.05) is 36.7 Å². The molecule has 1 atom stereocenters. The van der Waals surface area contributed by atoms with Crippen LogP contribution in [0.3, 0.4) is 0 Å². The number of hydrogen-bond donors (Lipinski definition) is 1. The van der Waals surface area contributed by atoms with Gasteiger partial charge in [-0.2, -0.15) is 0 Å². The van der Waals surface area contributed by atoms with E-state index < -0.39 is 0 Å². The minimum absolute atomic E-state index is 0.117. The minimum Gasteiger partial charge on any atom is -0.444 e. The van der Waals surface area contributed by atoms with E-state index in [-0.39, 0.29) is 12.2 Å². The van der Waals surface area contributed by atoms with Gasteiger partial charge in [-0.25, -0.2) is 9.78 Å². The van der Waals surface area contributed by atoms with Crippen molar-refractivity contribution in [2.45, 2.75) is 19.4 Å². The third-order valence-electron chi connectivity index (χ3n) is 3.76. The van der Waals surface area contributed by atoms with Gasteiger partial charge in [-0.15, -0.1) is 0 Å². The predicted molar refractivity (Wildman–Crippen MR) is 76.7 cm³/mol. The van der Waals surface area contributed by atoms with E-state index in [9.17, 15) is 4.79 Å². The van der Waals surface area contributed by atoms with E-state index in [4.69, 9.17) is 10.5 Å². The fraction of sp³-hybridized carbons (Fsp3) is 0.429. The van der Waals surface area contributed by atoms with Crippen LogP contribution in [0.1, 0.15) is 12.2 Å². The molecule has 1 aromatic heterocycles. The number of aryl methyl sites for hydroxylation is 2. The monoisotopic (exact) mass is 274 g/mol. The Labute approximate surface area is 117 Å². The quantitative estimate of drug-likeness (QED) is 0.921. The number of aromatic nitrogens is 2. The topological polar surface area (TPSA) is 73.4 Å². The lowest BCUT2D eigenvalue weighted by Crippen LogP contribution is -2.25. The van der Waals surface area contributed by atoms with Crippen molar-refractivity contribution in [3.05, 3.63) is 24.0 Å². The molecule has 2 heterocycles. The van der Waals surface area contributed by atoms with Crippen LogP contribution in [0.5, 0.6) is 0 Å². The highest BCUT2D eigenvalue weighted by atomic mass is 16.6. The highest BCUT2D eigenvalue weighted by Gasteiger charge is 2.31. The smallest absolute Gasteiger partial charge is 0.414 e. The Morgan fingerprint density at radius 2 is 2.30 bits per heavy atom. The summed E-state index contributed by atoms with van der Waals surface area (Å²) in [7, 11) is 1.98. The number of benzene rings is 1. The van der Waals surface area contributed by atoms with Crippen molar-refractivity contribution in [1.29, 1.82) is 0 Å². The number of hydrogen-bond acceptors (Lipinski definition) is 4. The van der Waals surface area contributed by atoms with Crippen molar-refractivity contribution in [1.82, 2.24) is 9.55 Å². The van der Waals surface area contributed by atoms with Crippen molar-refractivity contribution < 1.29 is 9.53 Å². The lowest BCUT2D eigenvalue weighted by atomic mass is 10.2. The standard InChI is InChI=1S/C14H18N4O2/c1-9-16-12-7-10(3-4-13(12)17(9)2)18-8-11(5-6-15)20-14(18)19/h3-4,7,11H,5-6,8,15H2,1-2H3. The van der Waals surface area contributed by atoms with Gasteiger partial charge in [-0.05, 0) is 38.1 Å². The third kappa shape index (κ3) is 2.02. The summed E-state index contributed by atoms with van der Waals surface area (Å²) in [6.45, 7) is 3.03. The van der Waals surface area contributed by atoms with E-state index in [0.717, 1.165) is 22.5 Å². The number of carbonyl (C=O) groups excluding carboxylic acids is 1. The van der Waals surface area contributed by atoms with Gasteiger partial charge in [0.1, 0.15) is 11.9 Å². The van der Waals surface area contributed by atoms with Gasteiger partial charge in [-0.3, -0.25) is 4.90 Å². The lowest BCUT2D eigenvalue weighted by Gasteiger charge is -2.12. The molecule has 106 valence electrons. The highest BCUT2D eigenvalue weighted by molar-refractivity contribution is 5.92. The van der Waals surface area contributed by atoms with Gasteiger partial charge in [-0.1, -0.05) is 0 Å². The zero-order valence-corrected chi connectivity index (χ0v) is 11.7. The second kappa shape index (κ2) is 4.79. The highest BCUT2D eigenvalue weighted by Crippen LogP contribution is 2.26. The Kier molecular flexibility index (Phi) is 3.10. The second-order valence-corrected chi connectivity index (χ2v) is 5.08. The molecule has 2 N–H and O–H groups in total. The molecular weight excluding hydrogens is 256 g/mol. The minimum atomic E-state index is -0.310. The predicted octanol–water partition coefficient (Wildman–Crippen LogP) is 1.56. The van der Waals surface area contributed by atoms with Gasteiger partial charge in [0.15, 0.2) is 0 Å². The van der Waals surface area contributed by atoms with Crippen molar-refractivity contribution in [2.75, 3.05) is 18.0 Å². The van der Waals surface area contributed by atoms with Crippen LogP contribution in [0.15, 0.2) is 18.2 Å². The molecule has 0 spiro atoms. The molecule has 0 saturated carbocycles. The second-order valence-electron chi connectivity index (χ2n) is 5.08. The summed E-state index contributed by atoms with van der Waals surface area (Å²) >= 11 is 0. The Balaban J connectivity index is 1.92. The molecule has 6 nitrogen and oxygen atoms in total. The van der Waals surface area contributed by atoms with Crippen LogP contribution in [0.2, 0.25) is 0 Å². The van der Waals surface area contributed by atoms with Gasteiger partial charge in [0, 0.05) is 12.7 Å². The van der Waals surface area contributed by atoms with Gasteiger partial charge >= 0.3 is 6.09 Å². The first-order chi connectivity index (χ1) is 9.60. The SMILES string of the molecule is Cc1nc2cc(N3CC(CCN)OC3=O)ccc2n1C. The Bertz CT molecular complexity index is 664. The average Bonchev–Trinajstić information content (AvgIpc) is 2.91. The number of fused-ring (bicyclic) bond motifs is 1. The molecule has 1 saturated heterocycles. The molecular formula is C14H18N4O2. The fourth-order valence-electron chi connectivity index (χ4n) is 2.55. The maximum absolute atomic E-state index is 11.9. The number of rotatable bonds is 3. The Morgan fingerprint density at radius 1 is 1.50 bits per heavy atom. The molecule has 1 unspecified atom stereocenters. The van der Waals surface area contributed by atoms with Crippen LogP contribution >= 0.6 is 0 Å². The number of nitrogens with two attached hydrogens (primary N) is 1. The first-order valence-electron chi connectivity index (χ1n) is 6.71. The number of anilines is 1. The zero-order chi connectivity index (χ0) is 14.3. The number of imidazole rings is 1. The molecule has 20 heavy (non-hydrogen) atoms. The fourth-order valence-corrected chi connectivity index (χ4v) is 2.55. The lowest BCUT2D eigenvalue weighted by molar-refractivity contribution is 0.138. The average molecular weight is 274 g/mol. The van der Waals surface area contributed by atoms with Crippen LogP contribution in [-0.2, 0) is 11.8 Å². The largest absolute Gasteiger partial charge is 0.444 e. The summed E-state index contributed by atoms with van der Waals surface area (Å²) in [4.78, 5) is 18.0. The summed E-state index contributed by atoms with van der Waals surface area (Å²) in [6, 6.07) is 5.83. The summed E-state index contributed by atoms with van der Waals surface area (Å²) in [5.74, 6) is 0.946. The normalized spacial score (nSPS) is 18.9. The summed E-state index contributed by atoms with van der Waals surface area (Å²) < 4.78 is 7.32. The molecule has 1 fully saturated rings. The number of ether oxygens (including phenoxy) is 1. The zero-order valence-electron chi connectivity index (χ0n) is 11.7. The molecule has 3 rings (SSSR count). The molecule has 1 amide bonds. The molecule has 1 aromatic carbocycles. The van der Waals surface area contributed by atoms with Crippen LogP contribution in [0.4, 0.5) is 10.5 Å². The molecule has 6 heteroatoms. The maximum Gasteiger partial charge on any atom is 0.414 e. The molecule has 0 bridgehead atoms. The van der Waals surface area contributed by atoms with Gasteiger partial charge in [0.2, 0.25) is 0 Å². The number of carbonyl (C=O) groups is 1. The summed E-state index contributed by atoms with van der Waals surface area (Å²) in [5.41, 5.74) is 8.27. The van der Waals surface area contributed by atoms with Crippen LogP contribution in [0, 0.1) is 6.92 Å². The van der Waals surface area contributed by atoms with Gasteiger partial charge in [0.25, 0.3) is 0 Å².